The van der Waals surface area contributed by atoms with Gasteiger partial charge in [-0.15, -0.1) is 6.58 Å². The zero-order valence-corrected chi connectivity index (χ0v) is 35.4. The number of esters is 5. The summed E-state index contributed by atoms with van der Waals surface area (Å²) in [6, 6.07) is 24.2. The van der Waals surface area contributed by atoms with Crippen molar-refractivity contribution in [2.24, 2.45) is 10.8 Å². The number of benzene rings is 4. The van der Waals surface area contributed by atoms with Crippen molar-refractivity contribution in [1.29, 1.82) is 0 Å². The highest BCUT2D eigenvalue weighted by Crippen LogP contribution is 2.46. The first-order valence-corrected chi connectivity index (χ1v) is 20.3. The molecule has 0 saturated heterocycles. The summed E-state index contributed by atoms with van der Waals surface area (Å²) in [4.78, 5) is 62.8. The van der Waals surface area contributed by atoms with Gasteiger partial charge in [0, 0.05) is 22.8 Å². The molecule has 4 aromatic rings. The standard InChI is InChI=1S/C24H27IO6.C22H24O4/c1-4-29-22(27)24(23(28)30-5-2,12-8-9-13-31-17(3)26)16-20-14-18-10-6-7-11-19(18)15-21(20)25;1-4-15-13-22(20(23)25-5-2,21(24)26-6-3)14-18-11-16-9-7-8-10-17(16)12-19(15)18/h6-11,14-15H,4-5,12-13,16H2,1-3H3;4,7-12,15H,1,5-6,13-14H2,2-3H3/b9-8+;. The number of fused-ring (bicyclic) bond motifs is 3. The molecule has 0 aromatic heterocycles. The number of hydrogen-bond acceptors (Lipinski definition) is 10. The maximum absolute atomic E-state index is 13.1. The van der Waals surface area contributed by atoms with Crippen LogP contribution in [0.4, 0.5) is 0 Å². The van der Waals surface area contributed by atoms with Crippen LogP contribution >= 0.6 is 22.6 Å². The number of allylic oxidation sites excluding steroid dienone is 2. The van der Waals surface area contributed by atoms with Crippen LogP contribution in [-0.2, 0) is 60.5 Å². The smallest absolute Gasteiger partial charge is 0.324 e. The highest BCUT2D eigenvalue weighted by molar-refractivity contribution is 14.1. The third-order valence-electron chi connectivity index (χ3n) is 9.84. The summed E-state index contributed by atoms with van der Waals surface area (Å²) in [6.07, 6.45) is 5.87. The lowest BCUT2D eigenvalue weighted by atomic mass is 9.66. The van der Waals surface area contributed by atoms with Crippen molar-refractivity contribution >= 4 is 74.0 Å². The Morgan fingerprint density at radius 3 is 1.75 bits per heavy atom. The molecule has 4 aromatic carbocycles. The van der Waals surface area contributed by atoms with E-state index in [4.69, 9.17) is 23.7 Å². The van der Waals surface area contributed by atoms with Crippen molar-refractivity contribution < 1.29 is 47.7 Å². The van der Waals surface area contributed by atoms with Crippen LogP contribution in [0, 0.1) is 14.4 Å². The Hall–Kier alpha value is -5.04. The van der Waals surface area contributed by atoms with Crippen LogP contribution in [0.15, 0.2) is 97.6 Å². The van der Waals surface area contributed by atoms with E-state index in [-0.39, 0.29) is 58.2 Å². The van der Waals surface area contributed by atoms with Gasteiger partial charge in [0.05, 0.1) is 26.4 Å². The molecule has 10 nitrogen and oxygen atoms in total. The van der Waals surface area contributed by atoms with Gasteiger partial charge in [0.2, 0.25) is 0 Å². The molecule has 5 rings (SSSR count). The lowest BCUT2D eigenvalue weighted by molar-refractivity contribution is -0.174. The Kier molecular flexibility index (Phi) is 16.4. The first-order chi connectivity index (χ1) is 27.4. The van der Waals surface area contributed by atoms with Crippen LogP contribution in [-0.4, -0.2) is 62.9 Å². The Balaban J connectivity index is 0.000000256. The summed E-state index contributed by atoms with van der Waals surface area (Å²) in [5.41, 5.74) is 0.0826. The molecule has 0 saturated carbocycles. The SMILES string of the molecule is C=CC1CC(C(=O)OCC)(C(=O)OCC)Cc2cc3ccccc3cc21.CCOC(=O)C(C/C=C/COC(C)=O)(Cc1cc2ccccc2cc1I)C(=O)OCC. The van der Waals surface area contributed by atoms with Crippen molar-refractivity contribution in [3.63, 3.8) is 0 Å². The predicted molar refractivity (Wildman–Crippen MR) is 227 cm³/mol. The van der Waals surface area contributed by atoms with E-state index in [1.807, 2.05) is 54.6 Å². The fourth-order valence-electron chi connectivity index (χ4n) is 7.07. The molecular formula is C46H51IO10. The number of hydrogen-bond donors (Lipinski definition) is 0. The Morgan fingerprint density at radius 2 is 1.25 bits per heavy atom. The maximum atomic E-state index is 13.1. The first-order valence-electron chi connectivity index (χ1n) is 19.2. The van der Waals surface area contributed by atoms with Gasteiger partial charge in [0.1, 0.15) is 6.61 Å². The third-order valence-corrected chi connectivity index (χ3v) is 10.8. The van der Waals surface area contributed by atoms with E-state index < -0.39 is 40.7 Å². The van der Waals surface area contributed by atoms with E-state index in [0.29, 0.717) is 6.42 Å². The summed E-state index contributed by atoms with van der Waals surface area (Å²) in [5.74, 6) is -2.80. The van der Waals surface area contributed by atoms with E-state index in [2.05, 4.69) is 47.4 Å². The van der Waals surface area contributed by atoms with Gasteiger partial charge in [-0.25, -0.2) is 0 Å². The molecule has 0 heterocycles. The Labute approximate surface area is 348 Å². The van der Waals surface area contributed by atoms with Gasteiger partial charge in [-0.1, -0.05) is 85.0 Å². The molecule has 0 spiro atoms. The highest BCUT2D eigenvalue weighted by Gasteiger charge is 2.53. The normalized spacial score (nSPS) is 14.5. The molecule has 1 atom stereocenters. The lowest BCUT2D eigenvalue weighted by Crippen LogP contribution is -2.47. The minimum Gasteiger partial charge on any atom is -0.465 e. The van der Waals surface area contributed by atoms with Crippen molar-refractivity contribution in [2.75, 3.05) is 33.0 Å². The highest BCUT2D eigenvalue weighted by atomic mass is 127. The van der Waals surface area contributed by atoms with E-state index in [9.17, 15) is 24.0 Å². The fraction of sp³-hybridized carbons (Fsp3) is 0.370. The van der Waals surface area contributed by atoms with Gasteiger partial charge in [-0.3, -0.25) is 24.0 Å². The van der Waals surface area contributed by atoms with Crippen LogP contribution in [0.5, 0.6) is 0 Å². The third kappa shape index (κ3) is 10.7. The number of rotatable bonds is 15. The molecule has 1 aliphatic carbocycles. The molecule has 11 heteroatoms. The minimum absolute atomic E-state index is 0.0601. The largest absolute Gasteiger partial charge is 0.465 e. The zero-order valence-electron chi connectivity index (χ0n) is 33.3. The van der Waals surface area contributed by atoms with Gasteiger partial charge in [0.15, 0.2) is 10.8 Å². The van der Waals surface area contributed by atoms with E-state index in [1.54, 1.807) is 45.9 Å². The van der Waals surface area contributed by atoms with Crippen molar-refractivity contribution in [1.82, 2.24) is 0 Å². The van der Waals surface area contributed by atoms with Gasteiger partial charge >= 0.3 is 29.8 Å². The number of carbonyl (C=O) groups excluding carboxylic acids is 5. The molecule has 1 aliphatic rings. The average molecular weight is 891 g/mol. The van der Waals surface area contributed by atoms with Gasteiger partial charge < -0.3 is 23.7 Å². The summed E-state index contributed by atoms with van der Waals surface area (Å²) in [6.45, 7) is 12.9. The van der Waals surface area contributed by atoms with Gasteiger partial charge in [0.25, 0.3) is 0 Å². The van der Waals surface area contributed by atoms with Gasteiger partial charge in [-0.2, -0.15) is 0 Å². The predicted octanol–water partition coefficient (Wildman–Crippen LogP) is 8.78. The van der Waals surface area contributed by atoms with Crippen molar-refractivity contribution in [3.8, 4) is 0 Å². The lowest BCUT2D eigenvalue weighted by Gasteiger charge is -2.37. The van der Waals surface area contributed by atoms with Crippen LogP contribution in [0.1, 0.15) is 70.1 Å². The molecule has 1 unspecified atom stereocenters. The average Bonchev–Trinajstić information content (AvgIpc) is 3.19. The summed E-state index contributed by atoms with van der Waals surface area (Å²) in [7, 11) is 0. The molecule has 0 bridgehead atoms. The summed E-state index contributed by atoms with van der Waals surface area (Å²) < 4.78 is 27.0. The van der Waals surface area contributed by atoms with Crippen LogP contribution < -0.4 is 0 Å². The quantitative estimate of drug-likeness (QED) is 0.0375. The molecule has 0 fully saturated rings. The minimum atomic E-state index is -1.54. The zero-order chi connectivity index (χ0) is 41.6. The van der Waals surface area contributed by atoms with Crippen LogP contribution in [0.2, 0.25) is 0 Å². The molecular weight excluding hydrogens is 839 g/mol. The molecule has 0 aliphatic heterocycles. The van der Waals surface area contributed by atoms with E-state index in [0.717, 1.165) is 41.8 Å². The second kappa shape index (κ2) is 20.9. The monoisotopic (exact) mass is 890 g/mol. The second-order valence-corrected chi connectivity index (χ2v) is 14.8. The van der Waals surface area contributed by atoms with Crippen LogP contribution in [0.25, 0.3) is 21.5 Å². The summed E-state index contributed by atoms with van der Waals surface area (Å²) >= 11 is 2.22. The number of carbonyl (C=O) groups is 5. The van der Waals surface area contributed by atoms with Gasteiger partial charge in [-0.05, 0) is 114 Å². The fourth-order valence-corrected chi connectivity index (χ4v) is 7.75. The second-order valence-electron chi connectivity index (χ2n) is 13.6. The number of ether oxygens (including phenoxy) is 5. The van der Waals surface area contributed by atoms with E-state index in [1.165, 1.54) is 6.92 Å². The van der Waals surface area contributed by atoms with Crippen molar-refractivity contribution in [3.05, 3.63) is 118 Å². The van der Waals surface area contributed by atoms with E-state index >= 15 is 0 Å². The van der Waals surface area contributed by atoms with Crippen molar-refractivity contribution in [2.45, 2.75) is 66.2 Å². The van der Waals surface area contributed by atoms with Crippen LogP contribution in [0.3, 0.4) is 0 Å². The molecule has 0 N–H and O–H groups in total. The molecule has 0 amide bonds. The Morgan fingerprint density at radius 1 is 0.737 bits per heavy atom. The maximum Gasteiger partial charge on any atom is 0.324 e. The molecule has 302 valence electrons. The molecule has 0 radical (unpaired) electrons. The summed E-state index contributed by atoms with van der Waals surface area (Å²) in [5, 5.41) is 4.31. The Bertz CT molecular complexity index is 2080. The molecule has 57 heavy (non-hydrogen) atoms. The first kappa shape index (κ1) is 44.7. The topological polar surface area (TPSA) is 132 Å². The number of halogens is 1.